The van der Waals surface area contributed by atoms with Crippen molar-refractivity contribution in [2.75, 3.05) is 37.5 Å². The van der Waals surface area contributed by atoms with Gasteiger partial charge >= 0.3 is 0 Å². The maximum Gasteiger partial charge on any atom is 0.238 e. The average molecular weight is 327 g/mol. The van der Waals surface area contributed by atoms with Gasteiger partial charge in [0, 0.05) is 32.1 Å². The van der Waals surface area contributed by atoms with Crippen molar-refractivity contribution in [3.63, 3.8) is 0 Å². The van der Waals surface area contributed by atoms with Crippen LogP contribution in [0.25, 0.3) is 0 Å². The summed E-state index contributed by atoms with van der Waals surface area (Å²) in [6.45, 7) is 4.66. The number of sulfone groups is 1. The van der Waals surface area contributed by atoms with E-state index in [2.05, 4.69) is 15.2 Å². The number of anilines is 1. The highest BCUT2D eigenvalue weighted by molar-refractivity contribution is 7.92. The highest BCUT2D eigenvalue weighted by atomic mass is 32.2. The second-order valence-corrected chi connectivity index (χ2v) is 7.68. The average Bonchev–Trinajstić information content (AvgIpc) is 2.52. The highest BCUT2D eigenvalue weighted by Crippen LogP contribution is 2.13. The SMILES string of the molecule is C[C@@H](C(=O)NCc1ccc(N2CCOCC2)nc1)S(C)(=O)=O. The van der Waals surface area contributed by atoms with Crippen molar-refractivity contribution in [3.05, 3.63) is 23.9 Å². The van der Waals surface area contributed by atoms with Gasteiger partial charge in [0.05, 0.1) is 13.2 Å². The number of nitrogens with zero attached hydrogens (tertiary/aromatic N) is 2. The molecule has 1 N–H and O–H groups in total. The summed E-state index contributed by atoms with van der Waals surface area (Å²) in [4.78, 5) is 18.3. The first-order valence-corrected chi connectivity index (χ1v) is 9.07. The van der Waals surface area contributed by atoms with Crippen LogP contribution in [-0.4, -0.2) is 57.1 Å². The number of hydrogen-bond donors (Lipinski definition) is 1. The first-order valence-electron chi connectivity index (χ1n) is 7.12. The molecule has 1 fully saturated rings. The molecular formula is C14H21N3O4S. The molecular weight excluding hydrogens is 306 g/mol. The fraction of sp³-hybridized carbons (Fsp3) is 0.571. The molecule has 1 amide bonds. The zero-order valence-electron chi connectivity index (χ0n) is 12.8. The summed E-state index contributed by atoms with van der Waals surface area (Å²) >= 11 is 0. The molecule has 1 aliphatic heterocycles. The van der Waals surface area contributed by atoms with Gasteiger partial charge in [-0.15, -0.1) is 0 Å². The number of amides is 1. The lowest BCUT2D eigenvalue weighted by atomic mass is 10.2. The maximum absolute atomic E-state index is 11.7. The van der Waals surface area contributed by atoms with Crippen LogP contribution in [0.2, 0.25) is 0 Å². The minimum Gasteiger partial charge on any atom is -0.378 e. The van der Waals surface area contributed by atoms with Crippen LogP contribution in [0.4, 0.5) is 5.82 Å². The van der Waals surface area contributed by atoms with Crippen LogP contribution < -0.4 is 10.2 Å². The highest BCUT2D eigenvalue weighted by Gasteiger charge is 2.23. The van der Waals surface area contributed by atoms with E-state index >= 15 is 0 Å². The van der Waals surface area contributed by atoms with Gasteiger partial charge in [-0.2, -0.15) is 0 Å². The Labute approximate surface area is 130 Å². The largest absolute Gasteiger partial charge is 0.378 e. The molecule has 7 nitrogen and oxygen atoms in total. The fourth-order valence-electron chi connectivity index (χ4n) is 2.03. The molecule has 1 aromatic rings. The van der Waals surface area contributed by atoms with Crippen LogP contribution in [0.15, 0.2) is 18.3 Å². The van der Waals surface area contributed by atoms with Crippen LogP contribution in [0.3, 0.4) is 0 Å². The maximum atomic E-state index is 11.7. The van der Waals surface area contributed by atoms with Crippen LogP contribution >= 0.6 is 0 Å². The number of carbonyl (C=O) groups is 1. The summed E-state index contributed by atoms with van der Waals surface area (Å²) in [6, 6.07) is 3.77. The number of nitrogens with one attached hydrogen (secondary N) is 1. The fourth-order valence-corrected chi connectivity index (χ4v) is 2.50. The molecule has 2 rings (SSSR count). The molecule has 1 aliphatic rings. The van der Waals surface area contributed by atoms with Crippen LogP contribution in [0.1, 0.15) is 12.5 Å². The molecule has 0 aliphatic carbocycles. The van der Waals surface area contributed by atoms with Crippen molar-refractivity contribution in [1.29, 1.82) is 0 Å². The van der Waals surface area contributed by atoms with Gasteiger partial charge in [-0.25, -0.2) is 13.4 Å². The number of pyridine rings is 1. The van der Waals surface area contributed by atoms with Gasteiger partial charge in [-0.05, 0) is 18.6 Å². The van der Waals surface area contributed by atoms with Gasteiger partial charge in [-0.1, -0.05) is 6.07 Å². The molecule has 0 saturated carbocycles. The Bertz CT molecular complexity index is 609. The summed E-state index contributed by atoms with van der Waals surface area (Å²) in [5.74, 6) is 0.377. The molecule has 1 aromatic heterocycles. The number of hydrogen-bond acceptors (Lipinski definition) is 6. The second kappa shape index (κ2) is 7.06. The minimum atomic E-state index is -3.37. The Morgan fingerprint density at radius 1 is 1.41 bits per heavy atom. The van der Waals surface area contributed by atoms with Crippen molar-refractivity contribution in [2.45, 2.75) is 18.7 Å². The Balaban J connectivity index is 1.90. The van der Waals surface area contributed by atoms with Crippen LogP contribution in [0, 0.1) is 0 Å². The molecule has 122 valence electrons. The lowest BCUT2D eigenvalue weighted by Crippen LogP contribution is -2.37. The lowest BCUT2D eigenvalue weighted by Gasteiger charge is -2.27. The predicted octanol–water partition coefficient (Wildman–Crippen LogP) is -0.0325. The third-order valence-electron chi connectivity index (χ3n) is 3.62. The summed E-state index contributed by atoms with van der Waals surface area (Å²) in [5, 5.41) is 1.56. The third kappa shape index (κ3) is 4.41. The van der Waals surface area contributed by atoms with E-state index in [-0.39, 0.29) is 6.54 Å². The number of aromatic nitrogens is 1. The number of morpholine rings is 1. The van der Waals surface area contributed by atoms with Gasteiger partial charge in [-0.3, -0.25) is 4.79 Å². The first-order chi connectivity index (χ1) is 10.4. The van der Waals surface area contributed by atoms with E-state index in [0.29, 0.717) is 13.2 Å². The van der Waals surface area contributed by atoms with E-state index in [1.807, 2.05) is 12.1 Å². The van der Waals surface area contributed by atoms with E-state index in [9.17, 15) is 13.2 Å². The quantitative estimate of drug-likeness (QED) is 0.817. The van der Waals surface area contributed by atoms with E-state index in [0.717, 1.165) is 30.7 Å². The summed E-state index contributed by atoms with van der Waals surface area (Å²) in [5.41, 5.74) is 0.825. The zero-order chi connectivity index (χ0) is 16.2. The summed E-state index contributed by atoms with van der Waals surface area (Å²) in [7, 11) is -3.37. The van der Waals surface area contributed by atoms with E-state index in [1.54, 1.807) is 6.20 Å². The molecule has 0 unspecified atom stereocenters. The first kappa shape index (κ1) is 16.7. The normalized spacial score (nSPS) is 17.1. The Morgan fingerprint density at radius 3 is 2.64 bits per heavy atom. The van der Waals surface area contributed by atoms with E-state index in [4.69, 9.17) is 4.74 Å². The number of ether oxygens (including phenoxy) is 1. The molecule has 0 radical (unpaired) electrons. The van der Waals surface area contributed by atoms with Crippen molar-refractivity contribution in [3.8, 4) is 0 Å². The van der Waals surface area contributed by atoms with Gasteiger partial charge in [0.1, 0.15) is 11.1 Å². The molecule has 1 atom stereocenters. The lowest BCUT2D eigenvalue weighted by molar-refractivity contribution is -0.120. The van der Waals surface area contributed by atoms with Crippen molar-refractivity contribution < 1.29 is 17.9 Å². The Hall–Kier alpha value is -1.67. The van der Waals surface area contributed by atoms with E-state index in [1.165, 1.54) is 6.92 Å². The molecule has 22 heavy (non-hydrogen) atoms. The minimum absolute atomic E-state index is 0.259. The topological polar surface area (TPSA) is 88.6 Å². The smallest absolute Gasteiger partial charge is 0.238 e. The number of rotatable bonds is 5. The van der Waals surface area contributed by atoms with Gasteiger partial charge in [0.15, 0.2) is 9.84 Å². The summed E-state index contributed by atoms with van der Waals surface area (Å²) < 4.78 is 27.9. The monoisotopic (exact) mass is 327 g/mol. The molecule has 0 spiro atoms. The second-order valence-electron chi connectivity index (χ2n) is 5.31. The number of carbonyl (C=O) groups excluding carboxylic acids is 1. The van der Waals surface area contributed by atoms with Crippen molar-refractivity contribution in [1.82, 2.24) is 10.3 Å². The third-order valence-corrected chi connectivity index (χ3v) is 5.12. The Morgan fingerprint density at radius 2 is 2.09 bits per heavy atom. The van der Waals surface area contributed by atoms with E-state index < -0.39 is 21.0 Å². The van der Waals surface area contributed by atoms with Crippen molar-refractivity contribution in [2.24, 2.45) is 0 Å². The Kier molecular flexibility index (Phi) is 5.36. The standard InChI is InChI=1S/C14H21N3O4S/c1-11(22(2,19)20)14(18)16-10-12-3-4-13(15-9-12)17-5-7-21-8-6-17/h3-4,9,11H,5-8,10H2,1-2H3,(H,16,18)/t11-/m0/s1. The molecule has 0 bridgehead atoms. The van der Waals surface area contributed by atoms with Crippen molar-refractivity contribution >= 4 is 21.6 Å². The molecule has 8 heteroatoms. The van der Waals surface area contributed by atoms with Gasteiger partial charge < -0.3 is 15.0 Å². The van der Waals surface area contributed by atoms with Crippen LogP contribution in [0.5, 0.6) is 0 Å². The molecule has 2 heterocycles. The molecule has 0 aromatic carbocycles. The van der Waals surface area contributed by atoms with Crippen LogP contribution in [-0.2, 0) is 25.9 Å². The molecule has 1 saturated heterocycles. The summed E-state index contributed by atoms with van der Waals surface area (Å²) in [6.07, 6.45) is 2.74. The van der Waals surface area contributed by atoms with Gasteiger partial charge in [0.2, 0.25) is 5.91 Å². The predicted molar refractivity (Wildman–Crippen MR) is 83.4 cm³/mol. The zero-order valence-corrected chi connectivity index (χ0v) is 13.6. The van der Waals surface area contributed by atoms with Gasteiger partial charge in [0.25, 0.3) is 0 Å².